The quantitative estimate of drug-likeness (QED) is 0.287. The van der Waals surface area contributed by atoms with E-state index in [1.165, 1.54) is 0 Å². The van der Waals surface area contributed by atoms with Crippen LogP contribution in [0.4, 0.5) is 5.69 Å². The van der Waals surface area contributed by atoms with E-state index < -0.39 is 16.9 Å². The Morgan fingerprint density at radius 1 is 1.15 bits per heavy atom. The maximum atomic E-state index is 12.7. The van der Waals surface area contributed by atoms with Crippen LogP contribution in [0.5, 0.6) is 5.75 Å². The summed E-state index contributed by atoms with van der Waals surface area (Å²) >= 11 is 0. The fourth-order valence-corrected chi connectivity index (χ4v) is 5.62. The van der Waals surface area contributed by atoms with Gasteiger partial charge < -0.3 is 20.8 Å². The van der Waals surface area contributed by atoms with E-state index in [1.807, 2.05) is 47.6 Å². The number of nitrogens with one attached hydrogen (secondary N) is 2. The van der Waals surface area contributed by atoms with Crippen LogP contribution in [0.2, 0.25) is 0 Å². The van der Waals surface area contributed by atoms with Crippen LogP contribution in [0.15, 0.2) is 66.7 Å². The van der Waals surface area contributed by atoms with E-state index in [1.54, 1.807) is 36.6 Å². The van der Waals surface area contributed by atoms with Crippen LogP contribution >= 0.6 is 0 Å². The molecule has 10 heteroatoms. The van der Waals surface area contributed by atoms with E-state index in [0.29, 0.717) is 41.2 Å². The third-order valence-corrected chi connectivity index (χ3v) is 8.25. The van der Waals surface area contributed by atoms with Crippen LogP contribution in [0.25, 0.3) is 27.6 Å². The molecule has 1 aromatic heterocycles. The number of carbonyl (C=O) groups is 2. The molecule has 0 saturated heterocycles. The topological polar surface area (TPSA) is 141 Å². The second kappa shape index (κ2) is 11.8. The van der Waals surface area contributed by atoms with E-state index >= 15 is 0 Å². The van der Waals surface area contributed by atoms with Crippen molar-refractivity contribution in [2.24, 2.45) is 5.73 Å². The minimum atomic E-state index is -1.03. The highest BCUT2D eigenvalue weighted by Gasteiger charge is 2.20. The molecule has 208 valence electrons. The fraction of sp³-hybridized carbons (Fsp3) is 0.194. The lowest BCUT2D eigenvalue weighted by molar-refractivity contribution is -0.118. The number of nitriles is 1. The average molecular weight is 568 g/mol. The van der Waals surface area contributed by atoms with Gasteiger partial charge in [0, 0.05) is 36.1 Å². The number of hydrogen-bond acceptors (Lipinski definition) is 5. The van der Waals surface area contributed by atoms with Crippen LogP contribution in [-0.4, -0.2) is 51.3 Å². The van der Waals surface area contributed by atoms with Gasteiger partial charge in [-0.25, -0.2) is 8.51 Å². The first kappa shape index (κ1) is 27.8. The Kier molecular flexibility index (Phi) is 8.01. The van der Waals surface area contributed by atoms with Crippen molar-refractivity contribution in [3.63, 3.8) is 0 Å². The van der Waals surface area contributed by atoms with Gasteiger partial charge in [-0.1, -0.05) is 24.3 Å². The Morgan fingerprint density at radius 3 is 2.59 bits per heavy atom. The summed E-state index contributed by atoms with van der Waals surface area (Å²) in [6, 6.07) is 19.9. The van der Waals surface area contributed by atoms with Crippen molar-refractivity contribution in [1.82, 2.24) is 9.29 Å². The summed E-state index contributed by atoms with van der Waals surface area (Å²) in [5.41, 5.74) is 12.5. The number of fused-ring (bicyclic) bond motifs is 1. The Bertz CT molecular complexity index is 1750. The predicted molar refractivity (Wildman–Crippen MR) is 161 cm³/mol. The second-order valence-electron chi connectivity index (χ2n) is 9.74. The third kappa shape index (κ3) is 5.91. The summed E-state index contributed by atoms with van der Waals surface area (Å²) in [7, 11) is -1.03. The Morgan fingerprint density at radius 2 is 1.93 bits per heavy atom. The molecule has 3 aromatic carbocycles. The van der Waals surface area contributed by atoms with Gasteiger partial charge in [-0.3, -0.25) is 9.59 Å². The number of nitrogens with zero attached hydrogens (tertiary/aromatic N) is 2. The zero-order valence-corrected chi connectivity index (χ0v) is 23.5. The molecule has 4 aromatic rings. The fourth-order valence-electron chi connectivity index (χ4n) is 4.98. The summed E-state index contributed by atoms with van der Waals surface area (Å²) in [4.78, 5) is 28.4. The van der Waals surface area contributed by atoms with Crippen molar-refractivity contribution < 1.29 is 18.5 Å². The van der Waals surface area contributed by atoms with Crippen LogP contribution in [-0.2, 0) is 15.8 Å². The largest absolute Gasteiger partial charge is 0.484 e. The number of nitrogens with two attached hydrogens (primary N) is 1. The molecule has 2 amide bonds. The number of aromatic amines is 1. The molecule has 9 nitrogen and oxygen atoms in total. The molecular weight excluding hydrogens is 538 g/mol. The highest BCUT2D eigenvalue weighted by Crippen LogP contribution is 2.37. The third-order valence-electron chi connectivity index (χ3n) is 7.19. The Hall–Kier alpha value is -4.72. The van der Waals surface area contributed by atoms with Gasteiger partial charge in [0.2, 0.25) is 0 Å². The number of rotatable bonds is 8. The zero-order valence-electron chi connectivity index (χ0n) is 22.7. The Balaban J connectivity index is 1.43. The number of carbonyl (C=O) groups excluding carboxylic acids is 2. The smallest absolute Gasteiger partial charge is 0.262 e. The molecule has 41 heavy (non-hydrogen) atoms. The van der Waals surface area contributed by atoms with Crippen molar-refractivity contribution in [3.05, 3.63) is 89.1 Å². The summed E-state index contributed by atoms with van der Waals surface area (Å²) in [5.74, 6) is -0.354. The van der Waals surface area contributed by atoms with Gasteiger partial charge in [-0.15, -0.1) is 0 Å². The number of benzene rings is 3. The van der Waals surface area contributed by atoms with Gasteiger partial charge >= 0.3 is 0 Å². The molecule has 0 bridgehead atoms. The van der Waals surface area contributed by atoms with Gasteiger partial charge in [-0.2, -0.15) is 5.26 Å². The maximum absolute atomic E-state index is 12.7. The normalized spacial score (nSPS) is 14.2. The molecule has 0 fully saturated rings. The molecular formula is C31H29N5O4S. The molecule has 0 saturated carbocycles. The van der Waals surface area contributed by atoms with Gasteiger partial charge in [0.25, 0.3) is 11.8 Å². The van der Waals surface area contributed by atoms with Crippen LogP contribution in [0.3, 0.4) is 0 Å². The standard InChI is InChI=1S/C31H29N5O4S/c1-19-23(4-3-5-27(19)34-29(37)18-40-22-8-6-20(17-32)7-9-22)24-10-11-25(31(33)38)30-26(24)16-28(35-30)21-12-14-36(15-13-21)41(2)39/h3-12,16,35H,13-15,18H2,1-2H3,(H2,33,38)(H,34,37). The van der Waals surface area contributed by atoms with Gasteiger partial charge in [0.05, 0.1) is 33.7 Å². The maximum Gasteiger partial charge on any atom is 0.262 e. The molecule has 0 aliphatic carbocycles. The summed E-state index contributed by atoms with van der Waals surface area (Å²) < 4.78 is 19.3. The number of hydrogen-bond donors (Lipinski definition) is 3. The van der Waals surface area contributed by atoms with Gasteiger partial charge in [0.15, 0.2) is 6.61 Å². The number of amides is 2. The lowest BCUT2D eigenvalue weighted by atomic mass is 9.94. The zero-order chi connectivity index (χ0) is 29.1. The van der Waals surface area contributed by atoms with E-state index in [9.17, 15) is 13.8 Å². The number of aromatic nitrogens is 1. The van der Waals surface area contributed by atoms with Crippen molar-refractivity contribution >= 4 is 45.0 Å². The average Bonchev–Trinajstić information content (AvgIpc) is 3.42. The van der Waals surface area contributed by atoms with Crippen LogP contribution in [0.1, 0.15) is 33.6 Å². The lowest BCUT2D eigenvalue weighted by Gasteiger charge is -2.23. The number of H-pyrrole nitrogens is 1. The minimum absolute atomic E-state index is 0.188. The van der Waals surface area contributed by atoms with Gasteiger partial charge in [-0.05, 0) is 78.1 Å². The Labute approximate surface area is 240 Å². The van der Waals surface area contributed by atoms with Crippen molar-refractivity contribution in [1.29, 1.82) is 5.26 Å². The van der Waals surface area contributed by atoms with Crippen LogP contribution in [0, 0.1) is 18.3 Å². The highest BCUT2D eigenvalue weighted by atomic mass is 32.2. The SMILES string of the molecule is Cc1c(NC(=O)COc2ccc(C#N)cc2)cccc1-c1ccc(C(N)=O)c2[nH]c(C3=CCN(S(C)=O)CC3)cc12. The van der Waals surface area contributed by atoms with Crippen molar-refractivity contribution in [3.8, 4) is 22.9 Å². The predicted octanol–water partition coefficient (Wildman–Crippen LogP) is 4.51. The van der Waals surface area contributed by atoms with Gasteiger partial charge in [0.1, 0.15) is 5.75 Å². The first-order valence-electron chi connectivity index (χ1n) is 13.0. The molecule has 4 N–H and O–H groups in total. The van der Waals surface area contributed by atoms with E-state index in [4.69, 9.17) is 15.7 Å². The van der Waals surface area contributed by atoms with Crippen molar-refractivity contribution in [2.75, 3.05) is 31.3 Å². The van der Waals surface area contributed by atoms with E-state index in [0.717, 1.165) is 39.8 Å². The molecule has 1 aliphatic rings. The highest BCUT2D eigenvalue weighted by molar-refractivity contribution is 7.81. The summed E-state index contributed by atoms with van der Waals surface area (Å²) in [6.45, 7) is 3.00. The molecule has 0 spiro atoms. The molecule has 0 radical (unpaired) electrons. The number of anilines is 1. The molecule has 1 atom stereocenters. The molecule has 2 heterocycles. The molecule has 1 aliphatic heterocycles. The van der Waals surface area contributed by atoms with E-state index in [-0.39, 0.29) is 12.5 Å². The summed E-state index contributed by atoms with van der Waals surface area (Å²) in [5, 5.41) is 12.7. The van der Waals surface area contributed by atoms with E-state index in [2.05, 4.69) is 16.4 Å². The molecule has 5 rings (SSSR count). The second-order valence-corrected chi connectivity index (χ2v) is 11.1. The lowest BCUT2D eigenvalue weighted by Crippen LogP contribution is -2.29. The van der Waals surface area contributed by atoms with Crippen molar-refractivity contribution in [2.45, 2.75) is 13.3 Å². The number of primary amides is 1. The van der Waals surface area contributed by atoms with Crippen LogP contribution < -0.4 is 15.8 Å². The first-order valence-corrected chi connectivity index (χ1v) is 14.5. The minimum Gasteiger partial charge on any atom is -0.484 e. The monoisotopic (exact) mass is 567 g/mol. The summed E-state index contributed by atoms with van der Waals surface area (Å²) in [6.07, 6.45) is 4.45. The first-order chi connectivity index (χ1) is 19.7. The molecule has 1 unspecified atom stereocenters. The number of ether oxygens (including phenoxy) is 1.